The summed E-state index contributed by atoms with van der Waals surface area (Å²) in [5, 5.41) is 4.92. The van der Waals surface area contributed by atoms with E-state index < -0.39 is 33.7 Å². The maximum absolute atomic E-state index is 14.9. The lowest BCUT2D eigenvalue weighted by atomic mass is 9.69. The topological polar surface area (TPSA) is 197 Å². The summed E-state index contributed by atoms with van der Waals surface area (Å²) in [4.78, 5) is 82.8. The lowest BCUT2D eigenvalue weighted by molar-refractivity contribution is 0.122. The molecule has 0 spiro atoms. The van der Waals surface area contributed by atoms with Gasteiger partial charge in [0.2, 0.25) is 0 Å². The number of ether oxygens (including phenoxy) is 2. The maximum Gasteiger partial charge on any atom is 0.346 e. The Morgan fingerprint density at radius 1 is 0.467 bits per heavy atom. The number of benzene rings is 7. The smallest absolute Gasteiger partial charge is 0.346 e. The molecule has 0 atom stereocenters. The van der Waals surface area contributed by atoms with Crippen molar-refractivity contribution in [1.82, 2.24) is 19.9 Å². The lowest BCUT2D eigenvalue weighted by Crippen LogP contribution is -2.44. The van der Waals surface area contributed by atoms with Crippen LogP contribution < -0.4 is 41.8 Å². The number of anilines is 2. The first-order chi connectivity index (χ1) is 50.1. The summed E-state index contributed by atoms with van der Waals surface area (Å²) < 4.78 is 37.8. The Balaban J connectivity index is 0.876. The monoisotopic (exact) mass is 1390 g/mol. The second-order valence-corrected chi connectivity index (χ2v) is 31.1. The Hall–Kier alpha value is -11.8. The average molecular weight is 1390 g/mol. The number of rotatable bonds is 13. The standard InChI is InChI=1S/C89H80N6O10/c1-14-94(15-2)58-28-29-60-49(3)78(85(99)102-75(60)42-58)73-48-90-72(47-91-73)71-41-56(40-70(93-71)65-46-66-76(101-84(65)98)43-59(104-86(4,5)6)44-77(66)105-87(7,8)9)55-38-68(92-69(39-55)54-21-18-20-53(35-54)63-45-64-61-22-17-16-19-50(61)27-30-74(64)100-82(63)96)52-25-23-51(24-26-52)62-36-57-37-67-80-79(81(57)103-83(62)97)89(12,13)32-34-95(80)33-31-88(67,10)11/h16-30,35-48H,14-15,31-34H2,1-13H3. The van der Waals surface area contributed by atoms with Crippen LogP contribution in [0.15, 0.2) is 213 Å². The summed E-state index contributed by atoms with van der Waals surface area (Å²) in [5.41, 5.74) is 10.8. The molecular formula is C89H80N6O10. The first-order valence-electron chi connectivity index (χ1n) is 35.9. The number of aryl methyl sites for hydroxylation is 1. The first-order valence-corrected chi connectivity index (χ1v) is 35.9. The van der Waals surface area contributed by atoms with Crippen LogP contribution in [0.4, 0.5) is 11.4 Å². The Morgan fingerprint density at radius 3 is 1.81 bits per heavy atom. The molecular weight excluding hydrogens is 1310 g/mol. The van der Waals surface area contributed by atoms with Crippen molar-refractivity contribution in [3.05, 3.63) is 235 Å². The molecule has 105 heavy (non-hydrogen) atoms. The average Bonchev–Trinajstić information content (AvgIpc) is 0.711. The molecule has 2 aliphatic heterocycles. The number of hydrogen-bond donors (Lipinski definition) is 0. The van der Waals surface area contributed by atoms with Gasteiger partial charge in [-0.15, -0.1) is 0 Å². The molecule has 16 rings (SSSR count). The van der Waals surface area contributed by atoms with Gasteiger partial charge in [0.25, 0.3) is 0 Å². The van der Waals surface area contributed by atoms with Crippen LogP contribution >= 0.6 is 0 Å². The van der Waals surface area contributed by atoms with E-state index in [1.54, 1.807) is 24.4 Å². The molecule has 0 fully saturated rings. The van der Waals surface area contributed by atoms with Crippen molar-refractivity contribution >= 4 is 66.0 Å². The Kier molecular flexibility index (Phi) is 16.3. The van der Waals surface area contributed by atoms with Crippen LogP contribution in [0.3, 0.4) is 0 Å². The van der Waals surface area contributed by atoms with Gasteiger partial charge in [0, 0.05) is 88.6 Å². The number of fused-ring (bicyclic) bond motifs is 7. The molecule has 16 heteroatoms. The molecule has 9 heterocycles. The van der Waals surface area contributed by atoms with Crippen molar-refractivity contribution in [1.29, 1.82) is 0 Å². The summed E-state index contributed by atoms with van der Waals surface area (Å²) in [6.45, 7) is 30.3. The Morgan fingerprint density at radius 2 is 1.08 bits per heavy atom. The number of pyridine rings is 2. The van der Waals surface area contributed by atoms with Crippen LogP contribution in [0.25, 0.3) is 144 Å². The summed E-state index contributed by atoms with van der Waals surface area (Å²) in [6.07, 6.45) is 5.06. The number of nitrogens with zero attached hydrogens (tertiary/aromatic N) is 6. The minimum Gasteiger partial charge on any atom is -0.488 e. The Labute approximate surface area is 606 Å². The van der Waals surface area contributed by atoms with E-state index in [4.69, 9.17) is 47.1 Å². The van der Waals surface area contributed by atoms with Crippen molar-refractivity contribution < 1.29 is 27.1 Å². The highest BCUT2D eigenvalue weighted by Crippen LogP contribution is 2.52. The first kappa shape index (κ1) is 67.7. The quantitative estimate of drug-likeness (QED) is 0.0779. The van der Waals surface area contributed by atoms with Crippen molar-refractivity contribution in [2.45, 2.75) is 125 Å². The molecule has 0 amide bonds. The van der Waals surface area contributed by atoms with E-state index in [1.807, 2.05) is 188 Å². The summed E-state index contributed by atoms with van der Waals surface area (Å²) in [6, 6.07) is 52.1. The van der Waals surface area contributed by atoms with Gasteiger partial charge in [0.15, 0.2) is 0 Å². The van der Waals surface area contributed by atoms with Gasteiger partial charge in [-0.25, -0.2) is 29.1 Å². The second-order valence-electron chi connectivity index (χ2n) is 31.1. The molecule has 14 aromatic rings. The van der Waals surface area contributed by atoms with Crippen LogP contribution in [0, 0.1) is 6.92 Å². The van der Waals surface area contributed by atoms with Crippen molar-refractivity contribution in [3.63, 3.8) is 0 Å². The molecule has 0 bridgehead atoms. The third-order valence-corrected chi connectivity index (χ3v) is 20.7. The molecule has 16 nitrogen and oxygen atoms in total. The van der Waals surface area contributed by atoms with Crippen LogP contribution in [0.5, 0.6) is 11.5 Å². The molecule has 0 unspecified atom stereocenters. The van der Waals surface area contributed by atoms with E-state index in [-0.39, 0.29) is 33.2 Å². The maximum atomic E-state index is 14.9. The van der Waals surface area contributed by atoms with Crippen molar-refractivity contribution in [2.24, 2.45) is 0 Å². The molecule has 0 saturated carbocycles. The fraction of sp³-hybridized carbons (Fsp3) is 0.258. The predicted molar refractivity (Wildman–Crippen MR) is 419 cm³/mol. The van der Waals surface area contributed by atoms with Crippen LogP contribution in [0.2, 0.25) is 0 Å². The van der Waals surface area contributed by atoms with E-state index in [1.165, 1.54) is 17.4 Å². The van der Waals surface area contributed by atoms with Crippen molar-refractivity contribution in [3.8, 4) is 101 Å². The van der Waals surface area contributed by atoms with Crippen LogP contribution in [0.1, 0.15) is 113 Å². The van der Waals surface area contributed by atoms with E-state index >= 15 is 0 Å². The predicted octanol–water partition coefficient (Wildman–Crippen LogP) is 19.9. The minimum atomic E-state index is -0.676. The number of hydrogen-bond acceptors (Lipinski definition) is 16. The van der Waals surface area contributed by atoms with Gasteiger partial charge < -0.3 is 36.9 Å². The van der Waals surface area contributed by atoms with Crippen molar-refractivity contribution in [2.75, 3.05) is 36.0 Å². The molecule has 0 aliphatic carbocycles. The summed E-state index contributed by atoms with van der Waals surface area (Å²) in [7, 11) is 0. The molecule has 7 aromatic carbocycles. The molecule has 526 valence electrons. The van der Waals surface area contributed by atoms with Gasteiger partial charge in [-0.2, -0.15) is 0 Å². The van der Waals surface area contributed by atoms with Gasteiger partial charge in [0.05, 0.1) is 68.5 Å². The molecule has 7 aromatic heterocycles. The SMILES string of the molecule is CCN(CC)c1ccc2c(C)c(-c3cnc(-c4cc(-c5cc(-c6ccc(-c7cc8cc9c%10c(c8oc7=O)C(C)(C)CCN%10CCC9(C)C)cc6)nc(-c6cccc(-c7cc8c(ccc9ccccc98)oc7=O)c6)c5)cc(-c5cc6c(OC(C)(C)C)cc(OC(C)(C)C)cc6oc5=O)n4)cn3)c(=O)oc2c1. The Bertz CT molecular complexity index is 6160. The number of aromatic nitrogens is 4. The highest BCUT2D eigenvalue weighted by Gasteiger charge is 2.42. The van der Waals surface area contributed by atoms with Crippen LogP contribution in [-0.2, 0) is 10.8 Å². The molecule has 2 aliphatic rings. The summed E-state index contributed by atoms with van der Waals surface area (Å²) in [5.74, 6) is 0.890. The van der Waals surface area contributed by atoms with Gasteiger partial charge in [0.1, 0.15) is 50.7 Å². The normalized spacial score (nSPS) is 14.2. The molecule has 0 radical (unpaired) electrons. The highest BCUT2D eigenvalue weighted by molar-refractivity contribution is 6.06. The molecule has 0 N–H and O–H groups in total. The fourth-order valence-electron chi connectivity index (χ4n) is 15.2. The lowest BCUT2D eigenvalue weighted by Gasteiger charge is -2.48. The minimum absolute atomic E-state index is 0.0823. The molecule has 0 saturated heterocycles. The summed E-state index contributed by atoms with van der Waals surface area (Å²) >= 11 is 0. The van der Waals surface area contributed by atoms with E-state index in [0.29, 0.717) is 107 Å². The van der Waals surface area contributed by atoms with E-state index in [0.717, 1.165) is 82.8 Å². The zero-order valence-electron chi connectivity index (χ0n) is 61.3. The van der Waals surface area contributed by atoms with Gasteiger partial charge in [-0.3, -0.25) is 9.97 Å². The second kappa shape index (κ2) is 25.3. The van der Waals surface area contributed by atoms with Gasteiger partial charge in [-0.05, 0) is 203 Å². The zero-order chi connectivity index (χ0) is 73.3. The largest absolute Gasteiger partial charge is 0.488 e. The fourth-order valence-corrected chi connectivity index (χ4v) is 15.2. The third kappa shape index (κ3) is 12.5. The van der Waals surface area contributed by atoms with E-state index in [9.17, 15) is 19.2 Å². The third-order valence-electron chi connectivity index (χ3n) is 20.7. The zero-order valence-corrected chi connectivity index (χ0v) is 61.3. The highest BCUT2D eigenvalue weighted by atomic mass is 16.5. The van der Waals surface area contributed by atoms with Gasteiger partial charge >= 0.3 is 22.5 Å². The van der Waals surface area contributed by atoms with E-state index in [2.05, 4.69) is 57.4 Å². The van der Waals surface area contributed by atoms with Crippen LogP contribution in [-0.4, -0.2) is 57.3 Å². The van der Waals surface area contributed by atoms with Gasteiger partial charge in [-0.1, -0.05) is 100 Å².